The van der Waals surface area contributed by atoms with E-state index in [0.717, 1.165) is 0 Å². The van der Waals surface area contributed by atoms with Gasteiger partial charge in [0.15, 0.2) is 18.2 Å². The predicted molar refractivity (Wildman–Crippen MR) is 105 cm³/mol. The Kier molecular flexibility index (Phi) is 4.75. The van der Waals surface area contributed by atoms with Gasteiger partial charge in [-0.2, -0.15) is 0 Å². The van der Waals surface area contributed by atoms with E-state index in [-0.39, 0.29) is 45.3 Å². The molecule has 1 heterocycles. The van der Waals surface area contributed by atoms with Gasteiger partial charge in [0.25, 0.3) is 5.91 Å². The van der Waals surface area contributed by atoms with Gasteiger partial charge in [0.05, 0.1) is 16.9 Å². The summed E-state index contributed by atoms with van der Waals surface area (Å²) in [4.78, 5) is 50.2. The van der Waals surface area contributed by atoms with Crippen LogP contribution in [0.5, 0.6) is 0 Å². The van der Waals surface area contributed by atoms with Gasteiger partial charge in [-0.3, -0.25) is 14.4 Å². The van der Waals surface area contributed by atoms with Gasteiger partial charge >= 0.3 is 5.97 Å². The third-order valence-corrected chi connectivity index (χ3v) is 4.80. The Morgan fingerprint density at radius 1 is 0.967 bits per heavy atom. The standard InChI is InChI=1S/C22H16N2O6/c1-11-18(12(2)30-24-11)22(28)29-10-17(25)23-16-9-5-8-15-19(16)21(27)14-7-4-3-6-13(14)20(15)26/h3-9H,10H2,1-2H3,(H,23,25). The van der Waals surface area contributed by atoms with Gasteiger partial charge < -0.3 is 14.6 Å². The zero-order chi connectivity index (χ0) is 21.4. The molecule has 8 heteroatoms. The fourth-order valence-corrected chi connectivity index (χ4v) is 3.41. The van der Waals surface area contributed by atoms with Crippen LogP contribution in [0.4, 0.5) is 5.69 Å². The summed E-state index contributed by atoms with van der Waals surface area (Å²) in [6, 6.07) is 11.2. The number of carbonyl (C=O) groups is 4. The number of fused-ring (bicyclic) bond motifs is 2. The van der Waals surface area contributed by atoms with Crippen LogP contribution in [0.1, 0.15) is 53.7 Å². The van der Waals surface area contributed by atoms with Gasteiger partial charge in [-0.25, -0.2) is 4.79 Å². The maximum atomic E-state index is 12.9. The number of carbonyl (C=O) groups excluding carboxylic acids is 4. The van der Waals surface area contributed by atoms with Gasteiger partial charge in [-0.05, 0) is 19.9 Å². The lowest BCUT2D eigenvalue weighted by Crippen LogP contribution is -2.26. The maximum absolute atomic E-state index is 12.9. The second-order valence-electron chi connectivity index (χ2n) is 6.76. The Hall–Kier alpha value is -4.07. The summed E-state index contributed by atoms with van der Waals surface area (Å²) in [7, 11) is 0. The average Bonchev–Trinajstić information content (AvgIpc) is 3.08. The van der Waals surface area contributed by atoms with Gasteiger partial charge in [-0.1, -0.05) is 41.6 Å². The van der Waals surface area contributed by atoms with Gasteiger partial charge in [0.1, 0.15) is 11.3 Å². The van der Waals surface area contributed by atoms with Gasteiger partial charge in [0.2, 0.25) is 0 Å². The summed E-state index contributed by atoms with van der Waals surface area (Å²) in [5.41, 5.74) is 1.64. The van der Waals surface area contributed by atoms with E-state index in [1.807, 2.05) is 0 Å². The first-order valence-electron chi connectivity index (χ1n) is 9.09. The molecule has 30 heavy (non-hydrogen) atoms. The number of ketones is 2. The Labute approximate surface area is 170 Å². The molecule has 1 aliphatic carbocycles. The number of hydrogen-bond donors (Lipinski definition) is 1. The minimum atomic E-state index is -0.739. The zero-order valence-corrected chi connectivity index (χ0v) is 16.1. The molecule has 0 aliphatic heterocycles. The minimum Gasteiger partial charge on any atom is -0.452 e. The summed E-state index contributed by atoms with van der Waals surface area (Å²) < 4.78 is 9.94. The molecule has 0 saturated carbocycles. The fraction of sp³-hybridized carbons (Fsp3) is 0.136. The molecule has 3 aromatic rings. The molecule has 0 spiro atoms. The van der Waals surface area contributed by atoms with Crippen molar-refractivity contribution in [3.8, 4) is 0 Å². The van der Waals surface area contributed by atoms with Gasteiger partial charge in [-0.15, -0.1) is 0 Å². The number of nitrogens with one attached hydrogen (secondary N) is 1. The number of aryl methyl sites for hydroxylation is 2. The molecule has 1 N–H and O–H groups in total. The molecule has 1 aromatic heterocycles. The SMILES string of the molecule is Cc1noc(C)c1C(=O)OCC(=O)Nc1cccc2c1C(=O)c1ccccc1C2=O. The van der Waals surface area contributed by atoms with Crippen molar-refractivity contribution in [2.24, 2.45) is 0 Å². The number of amides is 1. The number of nitrogens with zero attached hydrogens (tertiary/aromatic N) is 1. The first-order chi connectivity index (χ1) is 14.4. The molecule has 150 valence electrons. The minimum absolute atomic E-state index is 0.117. The molecule has 2 aromatic carbocycles. The summed E-state index contributed by atoms with van der Waals surface area (Å²) in [5.74, 6) is -1.75. The average molecular weight is 404 g/mol. The third-order valence-electron chi connectivity index (χ3n) is 4.80. The van der Waals surface area contributed by atoms with E-state index >= 15 is 0 Å². The van der Waals surface area contributed by atoms with Crippen LogP contribution in [0.15, 0.2) is 47.0 Å². The highest BCUT2D eigenvalue weighted by atomic mass is 16.5. The Bertz CT molecular complexity index is 1200. The highest BCUT2D eigenvalue weighted by molar-refractivity contribution is 6.30. The molecule has 4 rings (SSSR count). The van der Waals surface area contributed by atoms with Gasteiger partial charge in [0, 0.05) is 16.7 Å². The Balaban J connectivity index is 1.54. The lowest BCUT2D eigenvalue weighted by atomic mass is 9.83. The van der Waals surface area contributed by atoms with Crippen LogP contribution < -0.4 is 5.32 Å². The smallest absolute Gasteiger partial charge is 0.344 e. The first kappa shape index (κ1) is 19.3. The van der Waals surface area contributed by atoms with E-state index in [9.17, 15) is 19.2 Å². The molecule has 1 amide bonds. The summed E-state index contributed by atoms with van der Waals surface area (Å²) >= 11 is 0. The molecule has 0 atom stereocenters. The van der Waals surface area contributed by atoms with Crippen LogP contribution >= 0.6 is 0 Å². The maximum Gasteiger partial charge on any atom is 0.344 e. The molecule has 0 radical (unpaired) electrons. The van der Waals surface area contributed by atoms with Crippen molar-refractivity contribution in [1.82, 2.24) is 5.16 Å². The quantitative estimate of drug-likeness (QED) is 0.520. The number of esters is 1. The second-order valence-corrected chi connectivity index (χ2v) is 6.76. The van der Waals surface area contributed by atoms with Crippen LogP contribution in [0.25, 0.3) is 0 Å². The number of anilines is 1. The normalized spacial score (nSPS) is 12.2. The second kappa shape index (κ2) is 7.40. The summed E-state index contributed by atoms with van der Waals surface area (Å²) in [5, 5.41) is 6.22. The number of ether oxygens (including phenoxy) is 1. The lowest BCUT2D eigenvalue weighted by Gasteiger charge is -2.20. The Morgan fingerprint density at radius 2 is 1.63 bits per heavy atom. The highest BCUT2D eigenvalue weighted by Gasteiger charge is 2.31. The topological polar surface area (TPSA) is 116 Å². The highest BCUT2D eigenvalue weighted by Crippen LogP contribution is 2.31. The number of benzene rings is 2. The number of rotatable bonds is 4. The molecule has 1 aliphatic rings. The molecule has 0 fully saturated rings. The molecule has 0 unspecified atom stereocenters. The lowest BCUT2D eigenvalue weighted by molar-refractivity contribution is -0.119. The van der Waals surface area contributed by atoms with E-state index in [2.05, 4.69) is 10.5 Å². The first-order valence-corrected chi connectivity index (χ1v) is 9.09. The summed E-state index contributed by atoms with van der Waals surface area (Å²) in [6.07, 6.45) is 0. The van der Waals surface area contributed by atoms with Crippen molar-refractivity contribution in [2.45, 2.75) is 13.8 Å². The number of aromatic nitrogens is 1. The predicted octanol–water partition coefficient (Wildman–Crippen LogP) is 2.86. The molecule has 8 nitrogen and oxygen atoms in total. The largest absolute Gasteiger partial charge is 0.452 e. The van der Waals surface area contributed by atoms with Crippen molar-refractivity contribution in [1.29, 1.82) is 0 Å². The van der Waals surface area contributed by atoms with Crippen molar-refractivity contribution >= 4 is 29.1 Å². The molecule has 0 saturated heterocycles. The summed E-state index contributed by atoms with van der Waals surface area (Å²) in [6.45, 7) is 2.57. The van der Waals surface area contributed by atoms with E-state index in [1.165, 1.54) is 6.07 Å². The monoisotopic (exact) mass is 404 g/mol. The van der Waals surface area contributed by atoms with Crippen LogP contribution in [-0.4, -0.2) is 35.2 Å². The van der Waals surface area contributed by atoms with Crippen LogP contribution in [-0.2, 0) is 9.53 Å². The number of hydrogen-bond acceptors (Lipinski definition) is 7. The Morgan fingerprint density at radius 3 is 2.30 bits per heavy atom. The van der Waals surface area contributed by atoms with Crippen molar-refractivity contribution in [3.63, 3.8) is 0 Å². The van der Waals surface area contributed by atoms with Crippen molar-refractivity contribution < 1.29 is 28.4 Å². The molecular formula is C22H16N2O6. The molecular weight excluding hydrogens is 388 g/mol. The molecule has 0 bridgehead atoms. The fourth-order valence-electron chi connectivity index (χ4n) is 3.41. The third kappa shape index (κ3) is 3.18. The van der Waals surface area contributed by atoms with E-state index in [0.29, 0.717) is 11.3 Å². The van der Waals surface area contributed by atoms with Crippen LogP contribution in [0.2, 0.25) is 0 Å². The van der Waals surface area contributed by atoms with Crippen LogP contribution in [0, 0.1) is 13.8 Å². The van der Waals surface area contributed by atoms with E-state index in [1.54, 1.807) is 50.2 Å². The van der Waals surface area contributed by atoms with Crippen molar-refractivity contribution in [2.75, 3.05) is 11.9 Å². The van der Waals surface area contributed by atoms with E-state index in [4.69, 9.17) is 9.26 Å². The zero-order valence-electron chi connectivity index (χ0n) is 16.1. The van der Waals surface area contributed by atoms with Crippen LogP contribution in [0.3, 0.4) is 0 Å². The van der Waals surface area contributed by atoms with Crippen molar-refractivity contribution in [3.05, 3.63) is 81.7 Å². The van der Waals surface area contributed by atoms with E-state index < -0.39 is 18.5 Å².